The van der Waals surface area contributed by atoms with E-state index in [0.717, 1.165) is 45.4 Å². The predicted molar refractivity (Wildman–Crippen MR) is 80.1 cm³/mol. The Morgan fingerprint density at radius 3 is 2.64 bits per heavy atom. The highest BCUT2D eigenvalue weighted by atomic mass is 16.2. The van der Waals surface area contributed by atoms with Crippen LogP contribution in [0.4, 0.5) is 5.82 Å². The first-order valence-corrected chi connectivity index (χ1v) is 7.79. The maximum Gasteiger partial charge on any atom is 0.244 e. The number of piperazine rings is 1. The standard InChI is InChI=1S/C14H22N6O2/c1-18-5-7-19(8-6-18)13(21)10-20-9-12(16-17-20)15-14(22)11-3-2-4-11/h9,11H,2-8,10H2,1H3,(H,15,22). The Hall–Kier alpha value is -1.96. The molecule has 1 aliphatic heterocycles. The Morgan fingerprint density at radius 2 is 2.00 bits per heavy atom. The van der Waals surface area contributed by atoms with Crippen molar-refractivity contribution in [1.29, 1.82) is 0 Å². The van der Waals surface area contributed by atoms with Crippen molar-refractivity contribution in [3.8, 4) is 0 Å². The Morgan fingerprint density at radius 1 is 1.27 bits per heavy atom. The number of likely N-dealkylation sites (N-methyl/N-ethyl adjacent to an activating group) is 1. The first-order valence-electron chi connectivity index (χ1n) is 7.79. The molecule has 0 radical (unpaired) electrons. The molecule has 2 aliphatic rings. The number of carbonyl (C=O) groups excluding carboxylic acids is 2. The summed E-state index contributed by atoms with van der Waals surface area (Å²) in [5.74, 6) is 0.568. The van der Waals surface area contributed by atoms with E-state index in [4.69, 9.17) is 0 Å². The molecule has 1 aromatic heterocycles. The van der Waals surface area contributed by atoms with Gasteiger partial charge in [0.2, 0.25) is 11.8 Å². The summed E-state index contributed by atoms with van der Waals surface area (Å²) in [7, 11) is 2.05. The van der Waals surface area contributed by atoms with Gasteiger partial charge in [0.05, 0.1) is 6.20 Å². The Bertz CT molecular complexity index is 545. The van der Waals surface area contributed by atoms with E-state index in [1.807, 2.05) is 4.90 Å². The van der Waals surface area contributed by atoms with E-state index in [0.29, 0.717) is 5.82 Å². The van der Waals surface area contributed by atoms with E-state index in [1.54, 1.807) is 6.20 Å². The molecule has 1 aromatic rings. The molecule has 1 aliphatic carbocycles. The molecule has 1 saturated heterocycles. The molecule has 22 heavy (non-hydrogen) atoms. The highest BCUT2D eigenvalue weighted by molar-refractivity contribution is 5.92. The topological polar surface area (TPSA) is 83.4 Å². The van der Waals surface area contributed by atoms with Crippen LogP contribution < -0.4 is 5.32 Å². The van der Waals surface area contributed by atoms with Gasteiger partial charge in [0.15, 0.2) is 5.82 Å². The van der Waals surface area contributed by atoms with Crippen molar-refractivity contribution in [3.05, 3.63) is 6.20 Å². The van der Waals surface area contributed by atoms with Crippen LogP contribution in [0.15, 0.2) is 6.20 Å². The molecule has 3 rings (SSSR count). The molecule has 0 spiro atoms. The van der Waals surface area contributed by atoms with Crippen molar-refractivity contribution in [2.75, 3.05) is 38.5 Å². The zero-order valence-corrected chi connectivity index (χ0v) is 12.9. The molecule has 8 nitrogen and oxygen atoms in total. The Balaban J connectivity index is 1.50. The average Bonchev–Trinajstić information content (AvgIpc) is 2.84. The van der Waals surface area contributed by atoms with E-state index < -0.39 is 0 Å². The van der Waals surface area contributed by atoms with Crippen LogP contribution in [0.1, 0.15) is 19.3 Å². The number of hydrogen-bond donors (Lipinski definition) is 1. The Labute approximate surface area is 129 Å². The summed E-state index contributed by atoms with van der Waals surface area (Å²) in [6, 6.07) is 0. The van der Waals surface area contributed by atoms with Gasteiger partial charge in [0, 0.05) is 32.1 Å². The van der Waals surface area contributed by atoms with Crippen LogP contribution in [0.2, 0.25) is 0 Å². The van der Waals surface area contributed by atoms with Gasteiger partial charge < -0.3 is 15.1 Å². The van der Waals surface area contributed by atoms with Crippen LogP contribution in [0.3, 0.4) is 0 Å². The largest absolute Gasteiger partial charge is 0.339 e. The summed E-state index contributed by atoms with van der Waals surface area (Å²) in [5, 5.41) is 10.6. The van der Waals surface area contributed by atoms with Crippen LogP contribution in [0, 0.1) is 5.92 Å². The zero-order chi connectivity index (χ0) is 15.5. The van der Waals surface area contributed by atoms with Gasteiger partial charge in [0.1, 0.15) is 6.54 Å². The fraction of sp³-hybridized carbons (Fsp3) is 0.714. The molecular formula is C14H22N6O2. The lowest BCUT2D eigenvalue weighted by Crippen LogP contribution is -2.48. The van der Waals surface area contributed by atoms with Crippen LogP contribution >= 0.6 is 0 Å². The van der Waals surface area contributed by atoms with Crippen LogP contribution in [-0.2, 0) is 16.1 Å². The summed E-state index contributed by atoms with van der Waals surface area (Å²) < 4.78 is 1.48. The van der Waals surface area contributed by atoms with Crippen molar-refractivity contribution in [2.24, 2.45) is 5.92 Å². The number of anilines is 1. The van der Waals surface area contributed by atoms with E-state index in [-0.39, 0.29) is 24.3 Å². The van der Waals surface area contributed by atoms with Crippen LogP contribution in [0.25, 0.3) is 0 Å². The van der Waals surface area contributed by atoms with Gasteiger partial charge in [-0.15, -0.1) is 5.10 Å². The van der Waals surface area contributed by atoms with Gasteiger partial charge in [-0.05, 0) is 19.9 Å². The lowest BCUT2D eigenvalue weighted by molar-refractivity contribution is -0.133. The molecule has 1 saturated carbocycles. The highest BCUT2D eigenvalue weighted by Crippen LogP contribution is 2.27. The molecule has 2 fully saturated rings. The quantitative estimate of drug-likeness (QED) is 0.832. The maximum absolute atomic E-state index is 12.2. The van der Waals surface area contributed by atoms with Crippen molar-refractivity contribution in [3.63, 3.8) is 0 Å². The first kappa shape index (κ1) is 15.0. The van der Waals surface area contributed by atoms with E-state index in [9.17, 15) is 9.59 Å². The second-order valence-corrected chi connectivity index (χ2v) is 6.10. The minimum absolute atomic E-state index is 0.00342. The number of aromatic nitrogens is 3. The van der Waals surface area contributed by atoms with Crippen molar-refractivity contribution >= 4 is 17.6 Å². The molecule has 0 unspecified atom stereocenters. The smallest absolute Gasteiger partial charge is 0.244 e. The van der Waals surface area contributed by atoms with Crippen molar-refractivity contribution in [2.45, 2.75) is 25.8 Å². The molecule has 0 atom stereocenters. The van der Waals surface area contributed by atoms with Crippen molar-refractivity contribution < 1.29 is 9.59 Å². The third-order valence-electron chi connectivity index (χ3n) is 4.42. The van der Waals surface area contributed by atoms with E-state index >= 15 is 0 Å². The van der Waals surface area contributed by atoms with E-state index in [1.165, 1.54) is 4.68 Å². The normalized spacial score (nSPS) is 19.8. The second-order valence-electron chi connectivity index (χ2n) is 6.10. The number of hydrogen-bond acceptors (Lipinski definition) is 5. The van der Waals surface area contributed by atoms with Crippen molar-refractivity contribution in [1.82, 2.24) is 24.8 Å². The zero-order valence-electron chi connectivity index (χ0n) is 12.9. The molecule has 0 bridgehead atoms. The Kier molecular flexibility index (Phi) is 4.37. The molecule has 1 N–H and O–H groups in total. The molecule has 2 heterocycles. The molecule has 120 valence electrons. The van der Waals surface area contributed by atoms with Gasteiger partial charge in [-0.25, -0.2) is 4.68 Å². The van der Waals surface area contributed by atoms with Gasteiger partial charge in [0.25, 0.3) is 0 Å². The number of amides is 2. The molecule has 0 aromatic carbocycles. The lowest BCUT2D eigenvalue weighted by atomic mass is 9.85. The van der Waals surface area contributed by atoms with Gasteiger partial charge >= 0.3 is 0 Å². The summed E-state index contributed by atoms with van der Waals surface area (Å²) in [4.78, 5) is 28.1. The SMILES string of the molecule is CN1CCN(C(=O)Cn2cc(NC(=O)C3CCC3)nn2)CC1. The van der Waals surface area contributed by atoms with Gasteiger partial charge in [-0.1, -0.05) is 11.6 Å². The maximum atomic E-state index is 12.2. The summed E-state index contributed by atoms with van der Waals surface area (Å²) in [5.41, 5.74) is 0. The first-order chi connectivity index (χ1) is 10.6. The number of nitrogens with zero attached hydrogens (tertiary/aromatic N) is 5. The summed E-state index contributed by atoms with van der Waals surface area (Å²) in [6.07, 6.45) is 4.62. The van der Waals surface area contributed by atoms with Gasteiger partial charge in [-0.2, -0.15) is 0 Å². The number of nitrogens with one attached hydrogen (secondary N) is 1. The molecule has 2 amide bonds. The fourth-order valence-corrected chi connectivity index (χ4v) is 2.63. The minimum atomic E-state index is 0.00342. The average molecular weight is 306 g/mol. The van der Waals surface area contributed by atoms with Crippen LogP contribution in [-0.4, -0.2) is 69.8 Å². The fourth-order valence-electron chi connectivity index (χ4n) is 2.63. The molecular weight excluding hydrogens is 284 g/mol. The summed E-state index contributed by atoms with van der Waals surface area (Å²) >= 11 is 0. The monoisotopic (exact) mass is 306 g/mol. The highest BCUT2D eigenvalue weighted by Gasteiger charge is 2.26. The number of rotatable bonds is 4. The minimum Gasteiger partial charge on any atom is -0.339 e. The third-order valence-corrected chi connectivity index (χ3v) is 4.42. The second kappa shape index (κ2) is 6.43. The van der Waals surface area contributed by atoms with E-state index in [2.05, 4.69) is 27.6 Å². The third kappa shape index (κ3) is 3.44. The number of carbonyl (C=O) groups is 2. The summed E-state index contributed by atoms with van der Waals surface area (Å²) in [6.45, 7) is 3.44. The van der Waals surface area contributed by atoms with Gasteiger partial charge in [-0.3, -0.25) is 9.59 Å². The lowest BCUT2D eigenvalue weighted by Gasteiger charge is -2.32. The molecule has 8 heteroatoms. The predicted octanol–water partition coefficient (Wildman–Crippen LogP) is -0.209. The van der Waals surface area contributed by atoms with Crippen LogP contribution in [0.5, 0.6) is 0 Å².